The van der Waals surface area contributed by atoms with Crippen LogP contribution in [0.1, 0.15) is 22.3 Å². The highest BCUT2D eigenvalue weighted by atomic mass is 32.2. The highest BCUT2D eigenvalue weighted by Gasteiger charge is 2.30. The van der Waals surface area contributed by atoms with E-state index in [9.17, 15) is 0 Å². The van der Waals surface area contributed by atoms with Gasteiger partial charge in [-0.3, -0.25) is 0 Å². The predicted molar refractivity (Wildman–Crippen MR) is 181 cm³/mol. The molecule has 0 N–H and O–H groups in total. The van der Waals surface area contributed by atoms with Crippen LogP contribution in [0.15, 0.2) is 141 Å². The van der Waals surface area contributed by atoms with E-state index in [-0.39, 0.29) is 0 Å². The fourth-order valence-electron chi connectivity index (χ4n) is 5.69. The van der Waals surface area contributed by atoms with Gasteiger partial charge in [0.05, 0.1) is 11.4 Å². The molecule has 8 rings (SSSR count). The van der Waals surface area contributed by atoms with Crippen LogP contribution in [0.4, 0.5) is 11.4 Å². The molecule has 0 unspecified atom stereocenters. The Hall–Kier alpha value is -4.38. The normalized spacial score (nSPS) is 13.6. The number of benzene rings is 6. The van der Waals surface area contributed by atoms with Crippen molar-refractivity contribution in [1.29, 1.82) is 0 Å². The highest BCUT2D eigenvalue weighted by Crippen LogP contribution is 2.56. The van der Waals surface area contributed by atoms with Crippen molar-refractivity contribution in [3.8, 4) is 22.3 Å². The molecule has 0 aliphatic carbocycles. The third-order valence-electron chi connectivity index (χ3n) is 7.88. The lowest BCUT2D eigenvalue weighted by atomic mass is 9.93. The van der Waals surface area contributed by atoms with Gasteiger partial charge in [0.25, 0.3) is 0 Å². The zero-order chi connectivity index (χ0) is 28.2. The van der Waals surface area contributed by atoms with Gasteiger partial charge in [-0.2, -0.15) is 0 Å². The van der Waals surface area contributed by atoms with Crippen molar-refractivity contribution in [3.05, 3.63) is 144 Å². The van der Waals surface area contributed by atoms with Crippen LogP contribution in [0.3, 0.4) is 0 Å². The summed E-state index contributed by atoms with van der Waals surface area (Å²) in [7, 11) is 0. The minimum Gasteiger partial charge on any atom is -0.240 e. The second-order valence-corrected chi connectivity index (χ2v) is 12.9. The van der Waals surface area contributed by atoms with Crippen LogP contribution in [0.2, 0.25) is 0 Å². The van der Waals surface area contributed by atoms with Gasteiger partial charge in [-0.1, -0.05) is 144 Å². The van der Waals surface area contributed by atoms with E-state index in [1.54, 1.807) is 23.5 Å². The molecule has 2 aliphatic heterocycles. The Bertz CT molecular complexity index is 1910. The number of hydrogen-bond acceptors (Lipinski definition) is 4. The molecule has 4 heteroatoms. The topological polar surface area (TPSA) is 24.7 Å². The van der Waals surface area contributed by atoms with Crippen molar-refractivity contribution < 1.29 is 0 Å². The van der Waals surface area contributed by atoms with E-state index < -0.39 is 0 Å². The van der Waals surface area contributed by atoms with Crippen LogP contribution < -0.4 is 0 Å². The molecule has 42 heavy (non-hydrogen) atoms. The molecule has 0 amide bonds. The summed E-state index contributed by atoms with van der Waals surface area (Å²) in [4.78, 5) is 13.2. The van der Waals surface area contributed by atoms with E-state index >= 15 is 0 Å². The molecule has 2 nitrogen and oxygen atoms in total. The second kappa shape index (κ2) is 10.2. The lowest BCUT2D eigenvalue weighted by Crippen LogP contribution is -2.05. The molecule has 0 fully saturated rings. The lowest BCUT2D eigenvalue weighted by Gasteiger charge is -2.27. The van der Waals surface area contributed by atoms with Gasteiger partial charge in [0.1, 0.15) is 10.1 Å². The van der Waals surface area contributed by atoms with E-state index in [1.165, 1.54) is 42.8 Å². The molecular weight excluding hydrogens is 549 g/mol. The molecule has 200 valence electrons. The van der Waals surface area contributed by atoms with E-state index in [0.29, 0.717) is 0 Å². The molecule has 2 heterocycles. The van der Waals surface area contributed by atoms with Crippen LogP contribution >= 0.6 is 23.5 Å². The quantitative estimate of drug-likeness (QED) is 0.209. The Morgan fingerprint density at radius 3 is 1.19 bits per heavy atom. The minimum absolute atomic E-state index is 1.02. The Morgan fingerprint density at radius 2 is 0.810 bits per heavy atom. The molecule has 0 atom stereocenters. The van der Waals surface area contributed by atoms with Crippen LogP contribution in [-0.2, 0) is 0 Å². The van der Waals surface area contributed by atoms with Crippen molar-refractivity contribution in [1.82, 2.24) is 0 Å². The van der Waals surface area contributed by atoms with Gasteiger partial charge in [-0.05, 0) is 37.1 Å². The zero-order valence-electron chi connectivity index (χ0n) is 23.3. The maximum Gasteiger partial charge on any atom is 0.109 e. The number of aliphatic imine (C=N–C) groups is 2. The third kappa shape index (κ3) is 4.30. The molecular formula is C38H26N2S2. The first-order valence-electron chi connectivity index (χ1n) is 14.1. The van der Waals surface area contributed by atoms with Crippen LogP contribution in [0.5, 0.6) is 0 Å². The summed E-state index contributed by atoms with van der Waals surface area (Å²) in [5.41, 5.74) is 11.5. The third-order valence-corrected chi connectivity index (χ3v) is 10.0. The first kappa shape index (κ1) is 25.3. The standard InChI is InChI=1S/C38H26N2S2/c1-23-13-17-25(18-14-23)29-21-31-34-33-32(42-37(39-35(29)33)27-9-5-3-6-10-27)22-30(26-19-15-24(2)16-20-26)36(34)40-38(41-31)28-11-7-4-8-12-28/h3-22H,1-2H3. The maximum absolute atomic E-state index is 5.39. The van der Waals surface area contributed by atoms with Crippen molar-refractivity contribution >= 4 is 55.8 Å². The lowest BCUT2D eigenvalue weighted by molar-refractivity contribution is 1.38. The number of rotatable bonds is 4. The second-order valence-electron chi connectivity index (χ2n) is 10.8. The average molecular weight is 575 g/mol. The summed E-state index contributed by atoms with van der Waals surface area (Å²) in [6.07, 6.45) is 0. The molecule has 0 radical (unpaired) electrons. The van der Waals surface area contributed by atoms with E-state index in [2.05, 4.69) is 135 Å². The van der Waals surface area contributed by atoms with Gasteiger partial charge in [-0.25, -0.2) is 9.98 Å². The largest absolute Gasteiger partial charge is 0.240 e. The van der Waals surface area contributed by atoms with Gasteiger partial charge in [0, 0.05) is 42.8 Å². The number of nitrogens with zero attached hydrogens (tertiary/aromatic N) is 2. The van der Waals surface area contributed by atoms with Crippen molar-refractivity contribution in [2.75, 3.05) is 0 Å². The summed E-state index contributed by atoms with van der Waals surface area (Å²) in [5.74, 6) is 0. The summed E-state index contributed by atoms with van der Waals surface area (Å²) in [6, 6.07) is 43.4. The Balaban J connectivity index is 1.48. The van der Waals surface area contributed by atoms with Gasteiger partial charge in [0.15, 0.2) is 0 Å². The van der Waals surface area contributed by atoms with Gasteiger partial charge in [0.2, 0.25) is 0 Å². The van der Waals surface area contributed by atoms with Gasteiger partial charge < -0.3 is 0 Å². The van der Waals surface area contributed by atoms with Gasteiger partial charge in [-0.15, -0.1) is 0 Å². The van der Waals surface area contributed by atoms with Crippen LogP contribution in [0, 0.1) is 13.8 Å². The molecule has 0 saturated carbocycles. The predicted octanol–water partition coefficient (Wildman–Crippen LogP) is 11.2. The summed E-state index contributed by atoms with van der Waals surface area (Å²) >= 11 is 3.52. The zero-order valence-corrected chi connectivity index (χ0v) is 24.9. The average Bonchev–Trinajstić information content (AvgIpc) is 3.04. The van der Waals surface area contributed by atoms with Crippen molar-refractivity contribution in [2.24, 2.45) is 9.98 Å². The molecule has 6 aromatic rings. The summed E-state index contributed by atoms with van der Waals surface area (Å²) in [6.45, 7) is 4.27. The monoisotopic (exact) mass is 574 g/mol. The number of thioether (sulfide) groups is 2. The molecule has 0 saturated heterocycles. The molecule has 0 aromatic heterocycles. The fraction of sp³-hybridized carbons (Fsp3) is 0.0526. The van der Waals surface area contributed by atoms with Crippen LogP contribution in [-0.4, -0.2) is 10.1 Å². The van der Waals surface area contributed by atoms with Crippen LogP contribution in [0.25, 0.3) is 33.0 Å². The van der Waals surface area contributed by atoms with E-state index in [0.717, 1.165) is 43.7 Å². The maximum atomic E-state index is 5.39. The van der Waals surface area contributed by atoms with Crippen molar-refractivity contribution in [3.63, 3.8) is 0 Å². The van der Waals surface area contributed by atoms with Crippen molar-refractivity contribution in [2.45, 2.75) is 23.6 Å². The van der Waals surface area contributed by atoms with Gasteiger partial charge >= 0.3 is 0 Å². The fourth-order valence-corrected chi connectivity index (χ4v) is 7.85. The minimum atomic E-state index is 1.02. The number of aryl methyl sites for hydroxylation is 2. The SMILES string of the molecule is Cc1ccc(-c2cc3c4c(c(-c5ccc(C)cc5)cc5c4c2N=C(c2ccccc2)S5)N=C(c2ccccc2)S3)cc1. The first-order chi connectivity index (χ1) is 20.6. The number of hydrogen-bond donors (Lipinski definition) is 0. The summed E-state index contributed by atoms with van der Waals surface area (Å²) in [5, 5.41) is 4.43. The summed E-state index contributed by atoms with van der Waals surface area (Å²) < 4.78 is 0. The Morgan fingerprint density at radius 1 is 0.429 bits per heavy atom. The Labute approximate surface area is 254 Å². The molecule has 0 spiro atoms. The smallest absolute Gasteiger partial charge is 0.109 e. The molecule has 6 aromatic carbocycles. The molecule has 0 bridgehead atoms. The van der Waals surface area contributed by atoms with E-state index in [4.69, 9.17) is 9.98 Å². The highest BCUT2D eigenvalue weighted by molar-refractivity contribution is 8.15. The molecule has 2 aliphatic rings. The first-order valence-corrected chi connectivity index (χ1v) is 15.7. The Kier molecular flexibility index (Phi) is 6.13. The van der Waals surface area contributed by atoms with E-state index in [1.807, 2.05) is 0 Å².